The van der Waals surface area contributed by atoms with Gasteiger partial charge in [-0.05, 0) is 30.7 Å². The van der Waals surface area contributed by atoms with Crippen LogP contribution in [-0.4, -0.2) is 24.9 Å². The first-order chi connectivity index (χ1) is 10.0. The zero-order valence-electron chi connectivity index (χ0n) is 12.5. The first-order valence-corrected chi connectivity index (χ1v) is 7.18. The zero-order chi connectivity index (χ0) is 15.4. The van der Waals surface area contributed by atoms with E-state index in [1.165, 1.54) is 0 Å². The van der Waals surface area contributed by atoms with Gasteiger partial charge in [0, 0.05) is 31.4 Å². The van der Waals surface area contributed by atoms with Crippen LogP contribution in [0.3, 0.4) is 0 Å². The number of rotatable bonds is 4. The van der Waals surface area contributed by atoms with Gasteiger partial charge in [-0.2, -0.15) is 0 Å². The highest BCUT2D eigenvalue weighted by atomic mass is 35.5. The van der Waals surface area contributed by atoms with Gasteiger partial charge in [0.2, 0.25) is 0 Å². The van der Waals surface area contributed by atoms with E-state index in [2.05, 4.69) is 5.32 Å². The monoisotopic (exact) mass is 302 g/mol. The molecule has 0 bridgehead atoms. The molecular formula is C17H19ClN2O. The van der Waals surface area contributed by atoms with E-state index >= 15 is 0 Å². The number of anilines is 1. The Labute approximate surface area is 130 Å². The molecule has 2 aromatic rings. The number of hydrogen-bond acceptors (Lipinski definition) is 2. The quantitative estimate of drug-likeness (QED) is 0.927. The molecule has 0 aliphatic rings. The lowest BCUT2D eigenvalue weighted by molar-refractivity contribution is 0.0786. The number of hydrogen-bond donors (Lipinski definition) is 1. The predicted octanol–water partition coefficient (Wildman–Crippen LogP) is 3.96. The normalized spacial score (nSPS) is 10.3. The van der Waals surface area contributed by atoms with Crippen LogP contribution in [0, 0.1) is 6.92 Å². The number of carbonyl (C=O) groups excluding carboxylic acids is 1. The fourth-order valence-electron chi connectivity index (χ4n) is 2.21. The van der Waals surface area contributed by atoms with Crippen molar-refractivity contribution in [3.63, 3.8) is 0 Å². The Balaban J connectivity index is 2.24. The van der Waals surface area contributed by atoms with Gasteiger partial charge in [0.05, 0.1) is 5.56 Å². The van der Waals surface area contributed by atoms with E-state index in [4.69, 9.17) is 11.6 Å². The van der Waals surface area contributed by atoms with Gasteiger partial charge < -0.3 is 10.2 Å². The smallest absolute Gasteiger partial charge is 0.256 e. The van der Waals surface area contributed by atoms with Crippen molar-refractivity contribution in [2.45, 2.75) is 13.5 Å². The summed E-state index contributed by atoms with van der Waals surface area (Å²) in [6.45, 7) is 2.46. The van der Waals surface area contributed by atoms with Gasteiger partial charge in [0.25, 0.3) is 5.91 Å². The lowest BCUT2D eigenvalue weighted by atomic mass is 10.1. The van der Waals surface area contributed by atoms with E-state index in [-0.39, 0.29) is 5.91 Å². The summed E-state index contributed by atoms with van der Waals surface area (Å²) < 4.78 is 0. The Morgan fingerprint density at radius 2 is 1.95 bits per heavy atom. The molecule has 0 heterocycles. The van der Waals surface area contributed by atoms with Gasteiger partial charge in [-0.1, -0.05) is 41.4 Å². The molecule has 0 fully saturated rings. The topological polar surface area (TPSA) is 32.3 Å². The third-order valence-electron chi connectivity index (χ3n) is 3.39. The van der Waals surface area contributed by atoms with E-state index in [0.717, 1.165) is 16.8 Å². The number of carbonyl (C=O) groups is 1. The van der Waals surface area contributed by atoms with E-state index in [1.807, 2.05) is 56.4 Å². The Morgan fingerprint density at radius 1 is 1.24 bits per heavy atom. The summed E-state index contributed by atoms with van der Waals surface area (Å²) in [5.74, 6) is -0.0250. The molecule has 3 nitrogen and oxygen atoms in total. The van der Waals surface area contributed by atoms with Crippen molar-refractivity contribution in [3.8, 4) is 0 Å². The van der Waals surface area contributed by atoms with Gasteiger partial charge >= 0.3 is 0 Å². The fourth-order valence-corrected chi connectivity index (χ4v) is 2.41. The second kappa shape index (κ2) is 6.64. The molecule has 1 amide bonds. The third kappa shape index (κ3) is 3.56. The fraction of sp³-hybridized carbons (Fsp3) is 0.235. The molecule has 2 rings (SSSR count). The van der Waals surface area contributed by atoms with Crippen molar-refractivity contribution < 1.29 is 4.79 Å². The molecule has 0 saturated heterocycles. The highest BCUT2D eigenvalue weighted by Gasteiger charge is 2.16. The van der Waals surface area contributed by atoms with Crippen LogP contribution >= 0.6 is 11.6 Å². The minimum absolute atomic E-state index is 0.0250. The van der Waals surface area contributed by atoms with Crippen LogP contribution in [0.15, 0.2) is 42.5 Å². The maximum Gasteiger partial charge on any atom is 0.256 e. The molecule has 2 aromatic carbocycles. The predicted molar refractivity (Wildman–Crippen MR) is 88.0 cm³/mol. The number of amides is 1. The number of benzene rings is 2. The van der Waals surface area contributed by atoms with Gasteiger partial charge in [-0.15, -0.1) is 0 Å². The Morgan fingerprint density at radius 3 is 2.62 bits per heavy atom. The molecular weight excluding hydrogens is 284 g/mol. The molecule has 0 radical (unpaired) electrons. The van der Waals surface area contributed by atoms with Crippen LogP contribution < -0.4 is 5.32 Å². The Bertz CT molecular complexity index is 655. The molecule has 4 heteroatoms. The summed E-state index contributed by atoms with van der Waals surface area (Å²) in [7, 11) is 3.60. The van der Waals surface area contributed by atoms with Gasteiger partial charge in [-0.25, -0.2) is 0 Å². The molecule has 0 unspecified atom stereocenters. The largest absolute Gasteiger partial charge is 0.387 e. The van der Waals surface area contributed by atoms with E-state index in [9.17, 15) is 4.79 Å². The SMILES string of the molecule is CNc1ccc(C)cc1C(=O)N(C)Cc1ccccc1Cl. The van der Waals surface area contributed by atoms with Gasteiger partial charge in [-0.3, -0.25) is 4.79 Å². The van der Waals surface area contributed by atoms with Gasteiger partial charge in [0.15, 0.2) is 0 Å². The highest BCUT2D eigenvalue weighted by molar-refractivity contribution is 6.31. The molecule has 0 aliphatic heterocycles. The van der Waals surface area contributed by atoms with Crippen LogP contribution in [0.1, 0.15) is 21.5 Å². The number of halogens is 1. The van der Waals surface area contributed by atoms with Crippen molar-refractivity contribution in [2.24, 2.45) is 0 Å². The van der Waals surface area contributed by atoms with Crippen LogP contribution in [0.2, 0.25) is 5.02 Å². The standard InChI is InChI=1S/C17H19ClN2O/c1-12-8-9-16(19-2)14(10-12)17(21)20(3)11-13-6-4-5-7-15(13)18/h4-10,19H,11H2,1-3H3. The average Bonchev–Trinajstić information content (AvgIpc) is 2.48. The number of nitrogens with zero attached hydrogens (tertiary/aromatic N) is 1. The third-order valence-corrected chi connectivity index (χ3v) is 3.76. The first kappa shape index (κ1) is 15.4. The summed E-state index contributed by atoms with van der Waals surface area (Å²) in [6, 6.07) is 13.4. The molecule has 0 spiro atoms. The van der Waals surface area contributed by atoms with Crippen molar-refractivity contribution in [2.75, 3.05) is 19.4 Å². The molecule has 0 atom stereocenters. The minimum Gasteiger partial charge on any atom is -0.387 e. The van der Waals surface area contributed by atoms with Crippen molar-refractivity contribution in [1.29, 1.82) is 0 Å². The molecule has 0 aliphatic carbocycles. The summed E-state index contributed by atoms with van der Waals surface area (Å²) in [4.78, 5) is 14.3. The van der Waals surface area contributed by atoms with Crippen LogP contribution in [0.25, 0.3) is 0 Å². The van der Waals surface area contributed by atoms with Crippen LogP contribution in [-0.2, 0) is 6.54 Å². The van der Waals surface area contributed by atoms with E-state index in [1.54, 1.807) is 11.9 Å². The molecule has 0 saturated carbocycles. The van der Waals surface area contributed by atoms with Gasteiger partial charge in [0.1, 0.15) is 0 Å². The number of nitrogens with one attached hydrogen (secondary N) is 1. The van der Waals surface area contributed by atoms with Crippen LogP contribution in [0.5, 0.6) is 0 Å². The molecule has 21 heavy (non-hydrogen) atoms. The summed E-state index contributed by atoms with van der Waals surface area (Å²) >= 11 is 6.15. The lowest BCUT2D eigenvalue weighted by Gasteiger charge is -2.20. The molecule has 110 valence electrons. The molecule has 0 aromatic heterocycles. The van der Waals surface area contributed by atoms with Crippen molar-refractivity contribution in [3.05, 3.63) is 64.2 Å². The summed E-state index contributed by atoms with van der Waals surface area (Å²) in [5, 5.41) is 3.74. The average molecular weight is 303 g/mol. The maximum atomic E-state index is 12.6. The highest BCUT2D eigenvalue weighted by Crippen LogP contribution is 2.21. The maximum absolute atomic E-state index is 12.6. The molecule has 1 N–H and O–H groups in total. The summed E-state index contributed by atoms with van der Waals surface area (Å²) in [5.41, 5.74) is 3.50. The first-order valence-electron chi connectivity index (χ1n) is 6.80. The Hall–Kier alpha value is -2.00. The minimum atomic E-state index is -0.0250. The zero-order valence-corrected chi connectivity index (χ0v) is 13.2. The second-order valence-electron chi connectivity index (χ2n) is 5.05. The van der Waals surface area contributed by atoms with E-state index in [0.29, 0.717) is 17.1 Å². The van der Waals surface area contributed by atoms with Crippen molar-refractivity contribution in [1.82, 2.24) is 4.90 Å². The lowest BCUT2D eigenvalue weighted by Crippen LogP contribution is -2.27. The second-order valence-corrected chi connectivity index (χ2v) is 5.46. The van der Waals surface area contributed by atoms with Crippen molar-refractivity contribution >= 4 is 23.2 Å². The number of aryl methyl sites for hydroxylation is 1. The van der Waals surface area contributed by atoms with E-state index < -0.39 is 0 Å². The summed E-state index contributed by atoms with van der Waals surface area (Å²) in [6.07, 6.45) is 0. The van der Waals surface area contributed by atoms with Crippen LogP contribution in [0.4, 0.5) is 5.69 Å². The Kier molecular flexibility index (Phi) is 4.86.